The van der Waals surface area contributed by atoms with Crippen LogP contribution in [0.3, 0.4) is 0 Å². The van der Waals surface area contributed by atoms with E-state index in [2.05, 4.69) is 21.7 Å². The van der Waals surface area contributed by atoms with Gasteiger partial charge in [-0.2, -0.15) is 5.10 Å². The fourth-order valence-corrected chi connectivity index (χ4v) is 3.79. The third kappa shape index (κ3) is 3.06. The number of aromatic nitrogens is 1. The van der Waals surface area contributed by atoms with E-state index in [9.17, 15) is 4.79 Å². The molecule has 0 atom stereocenters. The van der Waals surface area contributed by atoms with E-state index in [1.807, 2.05) is 72.9 Å². The van der Waals surface area contributed by atoms with E-state index in [4.69, 9.17) is 4.42 Å². The number of nitrogens with zero attached hydrogens (tertiary/aromatic N) is 2. The minimum Gasteiger partial charge on any atom is -0.451 e. The van der Waals surface area contributed by atoms with Crippen LogP contribution in [0.15, 0.2) is 95.1 Å². The summed E-state index contributed by atoms with van der Waals surface area (Å²) < 4.78 is 7.84. The molecule has 5 nitrogen and oxygen atoms in total. The van der Waals surface area contributed by atoms with Crippen LogP contribution in [0.4, 0.5) is 0 Å². The largest absolute Gasteiger partial charge is 0.451 e. The number of hydrogen-bond donors (Lipinski definition) is 1. The first kappa shape index (κ1) is 17.9. The van der Waals surface area contributed by atoms with Gasteiger partial charge in [-0.15, -0.1) is 6.58 Å². The van der Waals surface area contributed by atoms with Crippen molar-refractivity contribution in [2.45, 2.75) is 6.54 Å². The van der Waals surface area contributed by atoms with E-state index >= 15 is 0 Å². The number of para-hydroxylation sites is 1. The first-order valence-electron chi connectivity index (χ1n) is 9.68. The number of carbonyl (C=O) groups excluding carboxylic acids is 1. The highest BCUT2D eigenvalue weighted by Gasteiger charge is 2.13. The fourth-order valence-electron chi connectivity index (χ4n) is 3.79. The second-order valence-electron chi connectivity index (χ2n) is 7.05. The van der Waals surface area contributed by atoms with Crippen LogP contribution in [0, 0.1) is 0 Å². The van der Waals surface area contributed by atoms with E-state index in [-0.39, 0.29) is 11.7 Å². The van der Waals surface area contributed by atoms with Gasteiger partial charge >= 0.3 is 5.91 Å². The van der Waals surface area contributed by atoms with E-state index in [0.717, 1.165) is 32.6 Å². The van der Waals surface area contributed by atoms with Gasteiger partial charge in [-0.05, 0) is 29.0 Å². The summed E-state index contributed by atoms with van der Waals surface area (Å²) >= 11 is 0. The summed E-state index contributed by atoms with van der Waals surface area (Å²) in [5, 5.41) is 8.28. The highest BCUT2D eigenvalue weighted by Crippen LogP contribution is 2.28. The predicted octanol–water partition coefficient (Wildman–Crippen LogP) is 5.49. The molecule has 5 rings (SSSR count). The molecule has 5 heteroatoms. The summed E-state index contributed by atoms with van der Waals surface area (Å²) in [5.74, 6) is -0.158. The number of benzene rings is 3. The first-order chi connectivity index (χ1) is 14.7. The lowest BCUT2D eigenvalue weighted by Crippen LogP contribution is -2.16. The van der Waals surface area contributed by atoms with Crippen LogP contribution in [-0.4, -0.2) is 16.7 Å². The van der Waals surface area contributed by atoms with Crippen LogP contribution in [0.2, 0.25) is 0 Å². The highest BCUT2D eigenvalue weighted by atomic mass is 16.3. The Morgan fingerprint density at radius 2 is 1.83 bits per heavy atom. The molecule has 5 aromatic rings. The maximum atomic E-state index is 12.6. The number of hydrogen-bond acceptors (Lipinski definition) is 3. The summed E-state index contributed by atoms with van der Waals surface area (Å²) in [5.41, 5.74) is 5.26. The normalized spacial score (nSPS) is 11.6. The van der Waals surface area contributed by atoms with Crippen molar-refractivity contribution >= 4 is 44.8 Å². The molecule has 1 N–H and O–H groups in total. The standard InChI is InChI=1S/C25H19N3O2/c1-2-13-28-16-18(20-9-5-6-10-22(20)28)15-26-27-25(29)24-14-21-19-8-4-3-7-17(19)11-12-23(21)30-24/h2-12,14-16H,1,13H2,(H,27,29)/b26-15+. The van der Waals surface area contributed by atoms with Gasteiger partial charge in [0.15, 0.2) is 5.76 Å². The maximum absolute atomic E-state index is 12.6. The average Bonchev–Trinajstić information content (AvgIpc) is 3.37. The van der Waals surface area contributed by atoms with Gasteiger partial charge in [0.1, 0.15) is 5.58 Å². The molecule has 2 aromatic heterocycles. The minimum absolute atomic E-state index is 0.229. The lowest BCUT2D eigenvalue weighted by molar-refractivity contribution is 0.0929. The summed E-state index contributed by atoms with van der Waals surface area (Å²) in [6, 6.07) is 21.7. The number of allylic oxidation sites excluding steroid dienone is 1. The van der Waals surface area contributed by atoms with Gasteiger partial charge in [-0.3, -0.25) is 4.79 Å². The van der Waals surface area contributed by atoms with Gasteiger partial charge < -0.3 is 8.98 Å². The molecule has 0 unspecified atom stereocenters. The Bertz CT molecular complexity index is 1440. The maximum Gasteiger partial charge on any atom is 0.307 e. The fraction of sp³-hybridized carbons (Fsp3) is 0.0400. The van der Waals surface area contributed by atoms with Gasteiger partial charge in [-0.1, -0.05) is 54.6 Å². The second kappa shape index (κ2) is 7.37. The van der Waals surface area contributed by atoms with Crippen LogP contribution in [-0.2, 0) is 6.54 Å². The number of amides is 1. The number of hydrazone groups is 1. The third-order valence-electron chi connectivity index (χ3n) is 5.16. The SMILES string of the molecule is C=CCn1cc(/C=N/NC(=O)c2cc3c(ccc4ccccc43)o2)c2ccccc21. The molecular formula is C25H19N3O2. The lowest BCUT2D eigenvalue weighted by atomic mass is 10.1. The van der Waals surface area contributed by atoms with Gasteiger partial charge in [-0.25, -0.2) is 5.43 Å². The van der Waals surface area contributed by atoms with Crippen molar-refractivity contribution in [2.75, 3.05) is 0 Å². The van der Waals surface area contributed by atoms with Crippen molar-refractivity contribution in [2.24, 2.45) is 5.10 Å². The van der Waals surface area contributed by atoms with Crippen LogP contribution in [0.1, 0.15) is 16.1 Å². The Morgan fingerprint density at radius 3 is 2.70 bits per heavy atom. The predicted molar refractivity (Wildman–Crippen MR) is 121 cm³/mol. The molecule has 0 radical (unpaired) electrons. The van der Waals surface area contributed by atoms with Crippen LogP contribution >= 0.6 is 0 Å². The van der Waals surface area contributed by atoms with Gasteiger partial charge in [0, 0.05) is 34.6 Å². The van der Waals surface area contributed by atoms with Crippen molar-refractivity contribution in [1.82, 2.24) is 9.99 Å². The Kier molecular flexibility index (Phi) is 4.41. The molecular weight excluding hydrogens is 374 g/mol. The number of rotatable bonds is 5. The number of carbonyl (C=O) groups is 1. The lowest BCUT2D eigenvalue weighted by Gasteiger charge is -1.98. The van der Waals surface area contributed by atoms with Crippen molar-refractivity contribution < 1.29 is 9.21 Å². The summed E-state index contributed by atoms with van der Waals surface area (Å²) in [6.07, 6.45) is 5.49. The molecule has 0 fully saturated rings. The number of fused-ring (bicyclic) bond motifs is 4. The molecule has 1 amide bonds. The topological polar surface area (TPSA) is 59.5 Å². The van der Waals surface area contributed by atoms with E-state index in [1.165, 1.54) is 0 Å². The number of furan rings is 1. The zero-order valence-electron chi connectivity index (χ0n) is 16.2. The van der Waals surface area contributed by atoms with Gasteiger partial charge in [0.25, 0.3) is 0 Å². The van der Waals surface area contributed by atoms with E-state index in [0.29, 0.717) is 12.1 Å². The molecule has 0 aliphatic carbocycles. The van der Waals surface area contributed by atoms with Crippen molar-refractivity contribution in [3.8, 4) is 0 Å². The molecule has 0 spiro atoms. The average molecular weight is 393 g/mol. The molecule has 0 bridgehead atoms. The number of nitrogens with one attached hydrogen (secondary N) is 1. The molecule has 2 heterocycles. The van der Waals surface area contributed by atoms with Crippen molar-refractivity contribution in [3.05, 3.63) is 96.9 Å². The zero-order chi connectivity index (χ0) is 20.5. The Labute approximate surface area is 172 Å². The van der Waals surface area contributed by atoms with Crippen molar-refractivity contribution in [3.63, 3.8) is 0 Å². The Hall–Kier alpha value is -4.12. The smallest absolute Gasteiger partial charge is 0.307 e. The molecule has 0 aliphatic heterocycles. The van der Waals surface area contributed by atoms with Gasteiger partial charge in [0.2, 0.25) is 0 Å². The quantitative estimate of drug-likeness (QED) is 0.244. The third-order valence-corrected chi connectivity index (χ3v) is 5.16. The summed E-state index contributed by atoms with van der Waals surface area (Å²) in [7, 11) is 0. The Morgan fingerprint density at radius 1 is 1.03 bits per heavy atom. The van der Waals surface area contributed by atoms with E-state index in [1.54, 1.807) is 12.3 Å². The molecule has 0 saturated carbocycles. The molecule has 0 aliphatic rings. The zero-order valence-corrected chi connectivity index (χ0v) is 16.2. The van der Waals surface area contributed by atoms with Crippen LogP contribution in [0.25, 0.3) is 32.6 Å². The second-order valence-corrected chi connectivity index (χ2v) is 7.05. The summed E-state index contributed by atoms with van der Waals surface area (Å²) in [6.45, 7) is 4.51. The van der Waals surface area contributed by atoms with Crippen LogP contribution in [0.5, 0.6) is 0 Å². The Balaban J connectivity index is 1.41. The molecule has 30 heavy (non-hydrogen) atoms. The first-order valence-corrected chi connectivity index (χ1v) is 9.68. The molecule has 3 aromatic carbocycles. The van der Waals surface area contributed by atoms with E-state index < -0.39 is 0 Å². The molecule has 146 valence electrons. The monoisotopic (exact) mass is 393 g/mol. The minimum atomic E-state index is -0.388. The highest BCUT2D eigenvalue weighted by molar-refractivity contribution is 6.08. The summed E-state index contributed by atoms with van der Waals surface area (Å²) in [4.78, 5) is 12.6. The van der Waals surface area contributed by atoms with Gasteiger partial charge in [0.05, 0.1) is 6.21 Å². The van der Waals surface area contributed by atoms with Crippen molar-refractivity contribution in [1.29, 1.82) is 0 Å². The molecule has 0 saturated heterocycles. The van der Waals surface area contributed by atoms with Crippen LogP contribution < -0.4 is 5.43 Å².